The van der Waals surface area contributed by atoms with Crippen molar-refractivity contribution >= 4 is 10.9 Å². The summed E-state index contributed by atoms with van der Waals surface area (Å²) in [5.74, 6) is 1.37. The Morgan fingerprint density at radius 2 is 2.06 bits per heavy atom. The molecule has 4 unspecified atom stereocenters. The molecule has 2 aliphatic rings. The van der Waals surface area contributed by atoms with Crippen LogP contribution in [0.3, 0.4) is 0 Å². The van der Waals surface area contributed by atoms with E-state index in [2.05, 4.69) is 59.5 Å². The molecule has 0 aliphatic carbocycles. The van der Waals surface area contributed by atoms with Crippen LogP contribution in [-0.4, -0.2) is 51.0 Å². The van der Waals surface area contributed by atoms with Crippen LogP contribution in [0, 0.1) is 19.8 Å². The normalized spacial score (nSPS) is 24.8. The molecule has 0 amide bonds. The van der Waals surface area contributed by atoms with E-state index < -0.39 is 0 Å². The van der Waals surface area contributed by atoms with Crippen LogP contribution in [0.4, 0.5) is 0 Å². The average molecular weight is 438 g/mol. The number of quaternary nitrogens is 1. The Balaban J connectivity index is 1.61. The van der Waals surface area contributed by atoms with Crippen molar-refractivity contribution in [2.75, 3.05) is 19.7 Å². The zero-order valence-electron chi connectivity index (χ0n) is 19.2. The van der Waals surface area contributed by atoms with Gasteiger partial charge in [0.2, 0.25) is 5.82 Å². The molecule has 2 fully saturated rings. The Morgan fingerprint density at radius 1 is 1.22 bits per heavy atom. The average Bonchev–Trinajstić information content (AvgIpc) is 3.43. The van der Waals surface area contributed by atoms with Gasteiger partial charge in [0.05, 0.1) is 31.3 Å². The summed E-state index contributed by atoms with van der Waals surface area (Å²) in [6.07, 6.45) is 4.60. The van der Waals surface area contributed by atoms with E-state index in [-0.39, 0.29) is 17.7 Å². The topological polar surface area (TPSA) is 90.1 Å². The maximum atomic E-state index is 13.4. The van der Waals surface area contributed by atoms with Crippen LogP contribution in [0.2, 0.25) is 0 Å². The number of piperidine rings is 1. The molecule has 0 saturated carbocycles. The van der Waals surface area contributed by atoms with Gasteiger partial charge in [-0.1, -0.05) is 6.92 Å². The lowest BCUT2D eigenvalue weighted by Gasteiger charge is -2.33. The van der Waals surface area contributed by atoms with Crippen molar-refractivity contribution < 1.29 is 9.64 Å². The van der Waals surface area contributed by atoms with Crippen molar-refractivity contribution in [3.8, 4) is 0 Å². The Kier molecular flexibility index (Phi) is 5.82. The van der Waals surface area contributed by atoms with Crippen molar-refractivity contribution in [3.05, 3.63) is 51.1 Å². The van der Waals surface area contributed by atoms with E-state index in [9.17, 15) is 4.79 Å². The predicted octanol–water partition coefficient (Wildman–Crippen LogP) is 1.71. The highest BCUT2D eigenvalue weighted by molar-refractivity contribution is 5.80. The minimum Gasteiger partial charge on any atom is -0.376 e. The highest BCUT2D eigenvalue weighted by atomic mass is 16.5. The van der Waals surface area contributed by atoms with E-state index in [4.69, 9.17) is 4.74 Å². The van der Waals surface area contributed by atoms with Crippen LogP contribution in [0.1, 0.15) is 61.2 Å². The van der Waals surface area contributed by atoms with Crippen LogP contribution in [-0.2, 0) is 11.3 Å². The molecule has 5 rings (SSSR count). The van der Waals surface area contributed by atoms with Gasteiger partial charge in [-0.2, -0.15) is 0 Å². The van der Waals surface area contributed by atoms with Gasteiger partial charge in [0.1, 0.15) is 0 Å². The number of aromatic nitrogens is 5. The predicted molar refractivity (Wildman–Crippen MR) is 122 cm³/mol. The second-order valence-corrected chi connectivity index (χ2v) is 9.72. The molecule has 8 nitrogen and oxygen atoms in total. The number of nitrogens with one attached hydrogen (secondary N) is 2. The molecule has 170 valence electrons. The number of likely N-dealkylation sites (tertiary alicyclic amines) is 1. The van der Waals surface area contributed by atoms with Crippen LogP contribution in [0.15, 0.2) is 23.0 Å². The highest BCUT2D eigenvalue weighted by Crippen LogP contribution is 2.23. The minimum absolute atomic E-state index is 0.0526. The fraction of sp³-hybridized carbons (Fsp3) is 0.583. The molecule has 32 heavy (non-hydrogen) atoms. The molecule has 2 saturated heterocycles. The SMILES string of the molecule is Cc1cc2cc(C(c3nnnn3CC3CCCO3)[NH+]3CCCC(C)C3)c(=O)[nH]c2cc1C. The maximum absolute atomic E-state index is 13.4. The van der Waals surface area contributed by atoms with E-state index >= 15 is 0 Å². The van der Waals surface area contributed by atoms with Gasteiger partial charge in [-0.25, -0.2) is 4.68 Å². The van der Waals surface area contributed by atoms with E-state index in [1.807, 2.05) is 4.68 Å². The number of benzene rings is 1. The monoisotopic (exact) mass is 437 g/mol. The number of aromatic amines is 1. The zero-order chi connectivity index (χ0) is 22.2. The third kappa shape index (κ3) is 4.09. The van der Waals surface area contributed by atoms with Gasteiger partial charge in [-0.3, -0.25) is 4.79 Å². The van der Waals surface area contributed by atoms with E-state index in [1.54, 1.807) is 0 Å². The summed E-state index contributed by atoms with van der Waals surface area (Å²) in [6.45, 7) is 9.91. The molecule has 3 aromatic rings. The highest BCUT2D eigenvalue weighted by Gasteiger charge is 2.37. The smallest absolute Gasteiger partial charge is 0.258 e. The molecule has 0 radical (unpaired) electrons. The number of rotatable bonds is 5. The minimum atomic E-state index is -0.205. The Labute approximate surface area is 188 Å². The van der Waals surface area contributed by atoms with Crippen molar-refractivity contribution in [2.45, 2.75) is 65.1 Å². The lowest BCUT2D eigenvalue weighted by molar-refractivity contribution is -0.934. The molecular weight excluding hydrogens is 404 g/mol. The van der Waals surface area contributed by atoms with E-state index in [0.717, 1.165) is 61.2 Å². The quantitative estimate of drug-likeness (QED) is 0.634. The van der Waals surface area contributed by atoms with E-state index in [1.165, 1.54) is 22.4 Å². The fourth-order valence-electron chi connectivity index (χ4n) is 5.37. The fourth-order valence-corrected chi connectivity index (χ4v) is 5.37. The zero-order valence-corrected chi connectivity index (χ0v) is 19.2. The first kappa shape index (κ1) is 21.3. The third-order valence-corrected chi connectivity index (χ3v) is 7.23. The van der Waals surface area contributed by atoms with Gasteiger partial charge in [0.25, 0.3) is 5.56 Å². The van der Waals surface area contributed by atoms with Crippen molar-refractivity contribution in [1.29, 1.82) is 0 Å². The number of hydrogen-bond acceptors (Lipinski definition) is 5. The van der Waals surface area contributed by atoms with Gasteiger partial charge in [0, 0.05) is 18.0 Å². The summed E-state index contributed by atoms with van der Waals surface area (Å²) in [4.78, 5) is 17.9. The maximum Gasteiger partial charge on any atom is 0.258 e. The molecule has 2 N–H and O–H groups in total. The first-order valence-corrected chi connectivity index (χ1v) is 11.9. The number of ether oxygens (including phenoxy) is 1. The Morgan fingerprint density at radius 3 is 2.84 bits per heavy atom. The number of aryl methyl sites for hydroxylation is 2. The van der Waals surface area contributed by atoms with Gasteiger partial charge < -0.3 is 14.6 Å². The number of tetrazole rings is 1. The molecule has 0 spiro atoms. The lowest BCUT2D eigenvalue weighted by atomic mass is 9.95. The first-order valence-electron chi connectivity index (χ1n) is 11.9. The van der Waals surface area contributed by atoms with Crippen LogP contribution in [0.5, 0.6) is 0 Å². The summed E-state index contributed by atoms with van der Waals surface area (Å²) in [5, 5.41) is 13.8. The second kappa shape index (κ2) is 8.75. The molecule has 2 aromatic heterocycles. The van der Waals surface area contributed by atoms with Crippen molar-refractivity contribution in [1.82, 2.24) is 25.2 Å². The lowest BCUT2D eigenvalue weighted by Crippen LogP contribution is -3.14. The largest absolute Gasteiger partial charge is 0.376 e. The molecular formula is C24H33N6O2+. The molecule has 0 bridgehead atoms. The molecule has 4 heterocycles. The molecule has 1 aromatic carbocycles. The standard InChI is InChI=1S/C24H32N6O2/c1-15-6-4-8-29(13-15)22(23-26-27-28-30(23)14-19-7-5-9-32-19)20-12-18-10-16(2)17(3)11-21(18)25-24(20)31/h10-12,15,19,22H,4-9,13-14H2,1-3H3,(H,25,31)/p+1. The van der Waals surface area contributed by atoms with Crippen molar-refractivity contribution in [2.24, 2.45) is 5.92 Å². The number of pyridine rings is 1. The van der Waals surface area contributed by atoms with Crippen LogP contribution >= 0.6 is 0 Å². The summed E-state index contributed by atoms with van der Waals surface area (Å²) >= 11 is 0. The summed E-state index contributed by atoms with van der Waals surface area (Å²) < 4.78 is 7.72. The van der Waals surface area contributed by atoms with Gasteiger partial charge in [-0.05, 0) is 84.7 Å². The van der Waals surface area contributed by atoms with Gasteiger partial charge >= 0.3 is 0 Å². The first-order chi connectivity index (χ1) is 15.5. The summed E-state index contributed by atoms with van der Waals surface area (Å²) in [5.41, 5.74) is 3.96. The number of fused-ring (bicyclic) bond motifs is 1. The molecule has 4 atom stereocenters. The van der Waals surface area contributed by atoms with Crippen LogP contribution < -0.4 is 10.5 Å². The van der Waals surface area contributed by atoms with Crippen molar-refractivity contribution in [3.63, 3.8) is 0 Å². The second-order valence-electron chi connectivity index (χ2n) is 9.72. The number of hydrogen-bond donors (Lipinski definition) is 2. The summed E-state index contributed by atoms with van der Waals surface area (Å²) in [7, 11) is 0. The van der Waals surface area contributed by atoms with E-state index in [0.29, 0.717) is 12.5 Å². The van der Waals surface area contributed by atoms with Gasteiger partial charge in [-0.15, -0.1) is 5.10 Å². The Hall–Kier alpha value is -2.58. The number of H-pyrrole nitrogens is 1. The third-order valence-electron chi connectivity index (χ3n) is 7.23. The molecule has 2 aliphatic heterocycles. The van der Waals surface area contributed by atoms with Crippen LogP contribution in [0.25, 0.3) is 10.9 Å². The summed E-state index contributed by atoms with van der Waals surface area (Å²) in [6, 6.07) is 6.07. The number of nitrogens with zero attached hydrogens (tertiary/aromatic N) is 4. The Bertz CT molecular complexity index is 1160. The van der Waals surface area contributed by atoms with Gasteiger partial charge in [0.15, 0.2) is 6.04 Å². The molecule has 8 heteroatoms.